The molecule has 1 amide bonds. The number of hydrogen-bond acceptors (Lipinski definition) is 5. The summed E-state index contributed by atoms with van der Waals surface area (Å²) < 4.78 is 16.2. The van der Waals surface area contributed by atoms with Gasteiger partial charge in [0.25, 0.3) is 11.5 Å². The maximum absolute atomic E-state index is 14.7. The van der Waals surface area contributed by atoms with Crippen LogP contribution in [0.1, 0.15) is 42.7 Å². The number of pyridine rings is 2. The van der Waals surface area contributed by atoms with Crippen molar-refractivity contribution in [2.75, 3.05) is 18.6 Å². The lowest BCUT2D eigenvalue weighted by Crippen LogP contribution is -2.36. The molecule has 34 heavy (non-hydrogen) atoms. The van der Waals surface area contributed by atoms with Crippen LogP contribution < -0.4 is 15.8 Å². The largest absolute Gasteiger partial charge is 0.394 e. The van der Waals surface area contributed by atoms with Crippen molar-refractivity contribution in [3.05, 3.63) is 75.2 Å². The highest BCUT2D eigenvalue weighted by Gasteiger charge is 2.24. The highest BCUT2D eigenvalue weighted by atomic mass is 35.5. The minimum absolute atomic E-state index is 0.0538. The Hall–Kier alpha value is -3.23. The Labute approximate surface area is 202 Å². The highest BCUT2D eigenvalue weighted by Crippen LogP contribution is 2.35. The summed E-state index contributed by atoms with van der Waals surface area (Å²) in [6, 6.07) is 6.96. The normalized spacial score (nSPS) is 12.0. The van der Waals surface area contributed by atoms with E-state index in [-0.39, 0.29) is 29.2 Å². The van der Waals surface area contributed by atoms with Crippen LogP contribution in [0.3, 0.4) is 0 Å². The van der Waals surface area contributed by atoms with Gasteiger partial charge in [-0.2, -0.15) is 0 Å². The lowest BCUT2D eigenvalue weighted by atomic mass is 10.00. The van der Waals surface area contributed by atoms with Crippen LogP contribution in [-0.2, 0) is 7.05 Å². The average molecular weight is 487 g/mol. The van der Waals surface area contributed by atoms with Gasteiger partial charge in [0.2, 0.25) is 0 Å². The molecule has 0 radical (unpaired) electrons. The zero-order valence-corrected chi connectivity index (χ0v) is 20.5. The van der Waals surface area contributed by atoms with E-state index in [4.69, 9.17) is 11.6 Å². The first kappa shape index (κ1) is 25.4. The molecule has 7 nitrogen and oxygen atoms in total. The van der Waals surface area contributed by atoms with Crippen LogP contribution in [0.5, 0.6) is 0 Å². The van der Waals surface area contributed by atoms with Gasteiger partial charge >= 0.3 is 0 Å². The molecule has 180 valence electrons. The van der Waals surface area contributed by atoms with Crippen LogP contribution in [0.4, 0.5) is 15.8 Å². The SMILES string of the molecule is CC(C)c1c(N(C)c2ccncc2C(=O)N[C@@H](C)CO)cc(-c2cc(Cl)ccc2F)c(=O)n1C. The van der Waals surface area contributed by atoms with Crippen LogP contribution in [-0.4, -0.2) is 40.3 Å². The van der Waals surface area contributed by atoms with Crippen LogP contribution >= 0.6 is 11.6 Å². The Bertz CT molecular complexity index is 1280. The molecule has 2 N–H and O–H groups in total. The van der Waals surface area contributed by atoms with Crippen LogP contribution in [0.2, 0.25) is 5.02 Å². The van der Waals surface area contributed by atoms with Crippen molar-refractivity contribution < 1.29 is 14.3 Å². The number of rotatable bonds is 7. The van der Waals surface area contributed by atoms with E-state index in [1.54, 1.807) is 44.2 Å². The molecule has 2 aromatic heterocycles. The van der Waals surface area contributed by atoms with Crippen molar-refractivity contribution >= 4 is 28.9 Å². The van der Waals surface area contributed by atoms with Gasteiger partial charge in [0, 0.05) is 48.8 Å². The van der Waals surface area contributed by atoms with Crippen molar-refractivity contribution in [2.24, 2.45) is 7.05 Å². The van der Waals surface area contributed by atoms with Crippen molar-refractivity contribution in [3.8, 4) is 11.1 Å². The quantitative estimate of drug-likeness (QED) is 0.521. The number of aromatic nitrogens is 2. The summed E-state index contributed by atoms with van der Waals surface area (Å²) >= 11 is 6.09. The molecule has 2 heterocycles. The number of benzene rings is 1. The number of hydrogen-bond donors (Lipinski definition) is 2. The second-order valence-electron chi connectivity index (χ2n) is 8.48. The summed E-state index contributed by atoms with van der Waals surface area (Å²) in [7, 11) is 3.41. The van der Waals surface area contributed by atoms with Gasteiger partial charge in [0.15, 0.2) is 0 Å². The predicted octanol–water partition coefficient (Wildman–Crippen LogP) is 4.24. The zero-order valence-electron chi connectivity index (χ0n) is 19.8. The van der Waals surface area contributed by atoms with Gasteiger partial charge in [-0.05, 0) is 43.2 Å². The summed E-state index contributed by atoms with van der Waals surface area (Å²) in [4.78, 5) is 32.0. The van der Waals surface area contributed by atoms with Crippen molar-refractivity contribution in [1.29, 1.82) is 0 Å². The number of aliphatic hydroxyl groups is 1. The number of nitrogens with one attached hydrogen (secondary N) is 1. The van der Waals surface area contributed by atoms with Gasteiger partial charge in [0.05, 0.1) is 29.1 Å². The van der Waals surface area contributed by atoms with Gasteiger partial charge in [-0.15, -0.1) is 0 Å². The first-order chi connectivity index (χ1) is 16.1. The van der Waals surface area contributed by atoms with Crippen molar-refractivity contribution in [1.82, 2.24) is 14.9 Å². The molecule has 0 aliphatic rings. The van der Waals surface area contributed by atoms with Crippen molar-refractivity contribution in [2.45, 2.75) is 32.7 Å². The Kier molecular flexibility index (Phi) is 7.74. The molecule has 3 aromatic rings. The highest BCUT2D eigenvalue weighted by molar-refractivity contribution is 6.30. The molecular weight excluding hydrogens is 459 g/mol. The minimum Gasteiger partial charge on any atom is -0.394 e. The van der Waals surface area contributed by atoms with E-state index in [0.29, 0.717) is 27.7 Å². The molecule has 9 heteroatoms. The third kappa shape index (κ3) is 4.98. The number of aliphatic hydroxyl groups excluding tert-OH is 1. The Morgan fingerprint density at radius 1 is 1.21 bits per heavy atom. The Morgan fingerprint density at radius 3 is 2.56 bits per heavy atom. The second kappa shape index (κ2) is 10.4. The molecule has 0 aliphatic carbocycles. The molecule has 0 aliphatic heterocycles. The molecule has 0 bridgehead atoms. The minimum atomic E-state index is -0.561. The number of nitrogens with zero attached hydrogens (tertiary/aromatic N) is 3. The molecule has 0 spiro atoms. The first-order valence-corrected chi connectivity index (χ1v) is 11.2. The Balaban J connectivity index is 2.24. The van der Waals surface area contributed by atoms with Gasteiger partial charge in [0.1, 0.15) is 5.82 Å². The average Bonchev–Trinajstić information content (AvgIpc) is 2.81. The topological polar surface area (TPSA) is 87.5 Å². The van der Waals surface area contributed by atoms with Crippen LogP contribution in [0.15, 0.2) is 47.5 Å². The van der Waals surface area contributed by atoms with E-state index < -0.39 is 17.8 Å². The molecule has 1 atom stereocenters. The third-order valence-electron chi connectivity index (χ3n) is 5.62. The molecule has 0 saturated carbocycles. The smallest absolute Gasteiger partial charge is 0.258 e. The second-order valence-corrected chi connectivity index (χ2v) is 8.92. The molecule has 0 saturated heterocycles. The number of carbonyl (C=O) groups is 1. The van der Waals surface area contributed by atoms with Gasteiger partial charge in [-0.25, -0.2) is 4.39 Å². The van der Waals surface area contributed by atoms with E-state index >= 15 is 0 Å². The van der Waals surface area contributed by atoms with E-state index in [0.717, 1.165) is 0 Å². The zero-order chi connectivity index (χ0) is 25.2. The third-order valence-corrected chi connectivity index (χ3v) is 5.86. The maximum Gasteiger partial charge on any atom is 0.258 e. The number of anilines is 2. The van der Waals surface area contributed by atoms with Gasteiger partial charge in [-0.1, -0.05) is 25.4 Å². The molecule has 3 rings (SSSR count). The summed E-state index contributed by atoms with van der Waals surface area (Å²) in [5, 5.41) is 12.3. The summed E-state index contributed by atoms with van der Waals surface area (Å²) in [5.41, 5.74) is 2.07. The standard InChI is InChI=1S/C25H28ClFN4O3/c1-14(2)23-22(11-18(25(34)31(23)5)17-10-16(26)6-7-20(17)27)30(4)21-8-9-28-12-19(21)24(33)29-15(3)13-32/h6-12,14-15,32H,13H2,1-5H3,(H,29,33)/t15-/m0/s1. The molecule has 0 unspecified atom stereocenters. The lowest BCUT2D eigenvalue weighted by Gasteiger charge is -2.28. The van der Waals surface area contributed by atoms with Gasteiger partial charge in [-0.3, -0.25) is 14.6 Å². The van der Waals surface area contributed by atoms with Crippen LogP contribution in [0.25, 0.3) is 11.1 Å². The van der Waals surface area contributed by atoms with Crippen LogP contribution in [0, 0.1) is 5.82 Å². The van der Waals surface area contributed by atoms with E-state index in [1.807, 2.05) is 13.8 Å². The molecular formula is C25H28ClFN4O3. The first-order valence-electron chi connectivity index (χ1n) is 10.9. The predicted molar refractivity (Wildman–Crippen MR) is 132 cm³/mol. The molecule has 0 fully saturated rings. The van der Waals surface area contributed by atoms with Gasteiger partial charge < -0.3 is 19.9 Å². The molecule has 1 aromatic carbocycles. The van der Waals surface area contributed by atoms with E-state index in [2.05, 4.69) is 10.3 Å². The Morgan fingerprint density at radius 2 is 1.91 bits per heavy atom. The number of carbonyl (C=O) groups excluding carboxylic acids is 1. The summed E-state index contributed by atoms with van der Waals surface area (Å²) in [6.45, 7) is 5.39. The maximum atomic E-state index is 14.7. The summed E-state index contributed by atoms with van der Waals surface area (Å²) in [6.07, 6.45) is 3.01. The van der Waals surface area contributed by atoms with E-state index in [1.165, 1.54) is 29.0 Å². The lowest BCUT2D eigenvalue weighted by molar-refractivity contribution is 0.0922. The number of halogens is 2. The number of amides is 1. The van der Waals surface area contributed by atoms with Crippen molar-refractivity contribution in [3.63, 3.8) is 0 Å². The monoisotopic (exact) mass is 486 g/mol. The summed E-state index contributed by atoms with van der Waals surface area (Å²) in [5.74, 6) is -1.01. The fourth-order valence-corrected chi connectivity index (χ4v) is 4.09. The fourth-order valence-electron chi connectivity index (χ4n) is 3.91. The van der Waals surface area contributed by atoms with E-state index in [9.17, 15) is 19.1 Å². The fraction of sp³-hybridized carbons (Fsp3) is 0.320.